The number of halogens is 1. The minimum absolute atomic E-state index is 0.247. The zero-order chi connectivity index (χ0) is 13.9. The normalized spacial score (nSPS) is 12.9. The van der Waals surface area contributed by atoms with Gasteiger partial charge >= 0.3 is 0 Å². The maximum atomic E-state index is 6.02. The van der Waals surface area contributed by atoms with E-state index >= 15 is 0 Å². The zero-order valence-electron chi connectivity index (χ0n) is 11.2. The quantitative estimate of drug-likeness (QED) is 0.688. The molecule has 2 nitrogen and oxygen atoms in total. The van der Waals surface area contributed by atoms with Crippen molar-refractivity contribution in [2.75, 3.05) is 7.05 Å². The number of rotatable bonds is 5. The lowest BCUT2D eigenvalue weighted by Crippen LogP contribution is -2.16. The van der Waals surface area contributed by atoms with Crippen LogP contribution in [0.5, 0.6) is 0 Å². The Morgan fingerprint density at radius 1 is 1.30 bits per heavy atom. The van der Waals surface area contributed by atoms with Crippen LogP contribution in [0.1, 0.15) is 23.1 Å². The maximum absolute atomic E-state index is 6.02. The summed E-state index contributed by atoms with van der Waals surface area (Å²) in [6.45, 7) is 0. The lowest BCUT2D eigenvalue weighted by molar-refractivity contribution is 0.433. The van der Waals surface area contributed by atoms with Gasteiger partial charge in [0.05, 0.1) is 10.5 Å². The molecule has 0 radical (unpaired) electrons. The fourth-order valence-electron chi connectivity index (χ4n) is 2.39. The first-order chi connectivity index (χ1) is 9.78. The second kappa shape index (κ2) is 6.12. The Hall–Kier alpha value is -1.10. The molecule has 0 amide bonds. The van der Waals surface area contributed by atoms with Crippen molar-refractivity contribution in [1.82, 2.24) is 5.32 Å². The molecule has 1 N–H and O–H groups in total. The zero-order valence-corrected chi connectivity index (χ0v) is 13.6. The number of hydrogen-bond acceptors (Lipinski definition) is 3. The molecule has 2 aromatic heterocycles. The van der Waals surface area contributed by atoms with Crippen molar-refractivity contribution in [3.8, 4) is 0 Å². The molecule has 1 aromatic carbocycles. The molecule has 1 atom stereocenters. The van der Waals surface area contributed by atoms with Crippen molar-refractivity contribution in [1.29, 1.82) is 0 Å². The molecule has 4 heteroatoms. The van der Waals surface area contributed by atoms with Crippen molar-refractivity contribution in [2.45, 2.75) is 18.9 Å². The van der Waals surface area contributed by atoms with Crippen molar-refractivity contribution >= 4 is 38.2 Å². The van der Waals surface area contributed by atoms with E-state index < -0.39 is 0 Å². The molecule has 0 spiro atoms. The summed E-state index contributed by atoms with van der Waals surface area (Å²) in [5.74, 6) is 1.01. The van der Waals surface area contributed by atoms with Crippen molar-refractivity contribution in [2.24, 2.45) is 0 Å². The number of furan rings is 1. The highest BCUT2D eigenvalue weighted by molar-refractivity contribution is 9.10. The van der Waals surface area contributed by atoms with Gasteiger partial charge in [0, 0.05) is 10.3 Å². The Labute approximate surface area is 130 Å². The van der Waals surface area contributed by atoms with Crippen LogP contribution in [0.15, 0.2) is 50.7 Å². The largest absolute Gasteiger partial charge is 0.458 e. The first-order valence-electron chi connectivity index (χ1n) is 6.65. The van der Waals surface area contributed by atoms with E-state index in [4.69, 9.17) is 4.42 Å². The minimum Gasteiger partial charge on any atom is -0.458 e. The molecular weight excluding hydrogens is 334 g/mol. The van der Waals surface area contributed by atoms with Crippen LogP contribution in [-0.4, -0.2) is 7.05 Å². The van der Waals surface area contributed by atoms with E-state index in [2.05, 4.69) is 50.9 Å². The standard InChI is InChI=1S/C16H16BrNOS/c1-18-14(8-7-12-5-3-9-20-12)15-10-11-4-2-6-13(17)16(11)19-15/h2-6,9-10,14,18H,7-8H2,1H3. The van der Waals surface area contributed by atoms with Gasteiger partial charge in [-0.1, -0.05) is 18.2 Å². The highest BCUT2D eigenvalue weighted by Crippen LogP contribution is 2.31. The van der Waals surface area contributed by atoms with E-state index in [1.165, 1.54) is 4.88 Å². The van der Waals surface area contributed by atoms with Crippen LogP contribution in [0.4, 0.5) is 0 Å². The third-order valence-electron chi connectivity index (χ3n) is 3.47. The molecule has 20 heavy (non-hydrogen) atoms. The summed E-state index contributed by atoms with van der Waals surface area (Å²) in [6, 6.07) is 12.8. The third kappa shape index (κ3) is 2.82. The molecule has 0 aliphatic carbocycles. The van der Waals surface area contributed by atoms with Gasteiger partial charge in [-0.25, -0.2) is 0 Å². The van der Waals surface area contributed by atoms with E-state index in [1.54, 1.807) is 0 Å². The third-order valence-corrected chi connectivity index (χ3v) is 5.03. The van der Waals surface area contributed by atoms with Crippen LogP contribution in [-0.2, 0) is 6.42 Å². The Kier molecular flexibility index (Phi) is 4.24. The Morgan fingerprint density at radius 3 is 2.90 bits per heavy atom. The number of hydrogen-bond donors (Lipinski definition) is 1. The molecular formula is C16H16BrNOS. The van der Waals surface area contributed by atoms with Gasteiger partial charge in [-0.3, -0.25) is 0 Å². The van der Waals surface area contributed by atoms with Crippen LogP contribution in [0, 0.1) is 0 Å². The van der Waals surface area contributed by atoms with Gasteiger partial charge in [0.1, 0.15) is 11.3 Å². The SMILES string of the molecule is CNC(CCc1cccs1)c1cc2cccc(Br)c2o1. The smallest absolute Gasteiger partial charge is 0.148 e. The van der Waals surface area contributed by atoms with Crippen LogP contribution in [0.25, 0.3) is 11.0 Å². The summed E-state index contributed by atoms with van der Waals surface area (Å²) in [6.07, 6.45) is 2.11. The van der Waals surface area contributed by atoms with Crippen molar-refractivity contribution in [3.05, 3.63) is 56.9 Å². The van der Waals surface area contributed by atoms with Crippen molar-refractivity contribution in [3.63, 3.8) is 0 Å². The summed E-state index contributed by atoms with van der Waals surface area (Å²) >= 11 is 5.35. The highest BCUT2D eigenvalue weighted by Gasteiger charge is 2.15. The number of nitrogens with one attached hydrogen (secondary N) is 1. The van der Waals surface area contributed by atoms with E-state index in [9.17, 15) is 0 Å². The molecule has 0 bridgehead atoms. The van der Waals surface area contributed by atoms with Gasteiger partial charge in [0.15, 0.2) is 0 Å². The van der Waals surface area contributed by atoms with Crippen molar-refractivity contribution < 1.29 is 4.42 Å². The summed E-state index contributed by atoms with van der Waals surface area (Å²) in [5.41, 5.74) is 0.930. The van der Waals surface area contributed by atoms with E-state index in [0.717, 1.165) is 34.0 Å². The molecule has 0 saturated carbocycles. The molecule has 104 valence electrons. The fraction of sp³-hybridized carbons (Fsp3) is 0.250. The van der Waals surface area contributed by atoms with Crippen LogP contribution in [0.2, 0.25) is 0 Å². The topological polar surface area (TPSA) is 25.2 Å². The van der Waals surface area contributed by atoms with Crippen LogP contribution < -0.4 is 5.32 Å². The number of fused-ring (bicyclic) bond motifs is 1. The number of benzene rings is 1. The first kappa shape index (κ1) is 13.9. The minimum atomic E-state index is 0.247. The highest BCUT2D eigenvalue weighted by atomic mass is 79.9. The predicted molar refractivity (Wildman–Crippen MR) is 88.4 cm³/mol. The summed E-state index contributed by atoms with van der Waals surface area (Å²) < 4.78 is 7.02. The first-order valence-corrected chi connectivity index (χ1v) is 8.33. The Balaban J connectivity index is 1.81. The fourth-order valence-corrected chi connectivity index (χ4v) is 3.58. The maximum Gasteiger partial charge on any atom is 0.148 e. The van der Waals surface area contributed by atoms with Gasteiger partial charge in [0.2, 0.25) is 0 Å². The summed E-state index contributed by atoms with van der Waals surface area (Å²) in [5, 5.41) is 6.63. The predicted octanol–water partition coefficient (Wildman–Crippen LogP) is 5.15. The monoisotopic (exact) mass is 349 g/mol. The average Bonchev–Trinajstić information content (AvgIpc) is 3.09. The van der Waals surface area contributed by atoms with Gasteiger partial charge in [-0.2, -0.15) is 0 Å². The average molecular weight is 350 g/mol. The molecule has 0 aliphatic rings. The van der Waals surface area contributed by atoms with Crippen LogP contribution >= 0.6 is 27.3 Å². The molecule has 0 aliphatic heterocycles. The molecule has 3 rings (SSSR count). The van der Waals surface area contributed by atoms with E-state index in [1.807, 2.05) is 30.5 Å². The lowest BCUT2D eigenvalue weighted by atomic mass is 10.1. The number of para-hydroxylation sites is 1. The second-order valence-corrected chi connectivity index (χ2v) is 6.65. The summed E-state index contributed by atoms with van der Waals surface area (Å²) in [7, 11) is 1.99. The van der Waals surface area contributed by atoms with Gasteiger partial charge in [-0.15, -0.1) is 11.3 Å². The Morgan fingerprint density at radius 2 is 2.20 bits per heavy atom. The molecule has 0 saturated heterocycles. The van der Waals surface area contributed by atoms with Gasteiger partial charge in [-0.05, 0) is 59.4 Å². The van der Waals surface area contributed by atoms with Gasteiger partial charge < -0.3 is 9.73 Å². The molecule has 2 heterocycles. The van der Waals surface area contributed by atoms with E-state index in [-0.39, 0.29) is 6.04 Å². The number of aryl methyl sites for hydroxylation is 1. The number of thiophene rings is 1. The Bertz CT molecular complexity index is 690. The summed E-state index contributed by atoms with van der Waals surface area (Å²) in [4.78, 5) is 1.42. The molecule has 0 fully saturated rings. The van der Waals surface area contributed by atoms with Gasteiger partial charge in [0.25, 0.3) is 0 Å². The van der Waals surface area contributed by atoms with E-state index in [0.29, 0.717) is 0 Å². The lowest BCUT2D eigenvalue weighted by Gasteiger charge is -2.12. The molecule has 1 unspecified atom stereocenters. The second-order valence-electron chi connectivity index (χ2n) is 4.77. The molecule has 3 aromatic rings. The van der Waals surface area contributed by atoms with Crippen LogP contribution in [0.3, 0.4) is 0 Å².